The van der Waals surface area contributed by atoms with Gasteiger partial charge in [0.05, 0.1) is 0 Å². The molecule has 2 N–H and O–H groups in total. The maximum absolute atomic E-state index is 10.5. The summed E-state index contributed by atoms with van der Waals surface area (Å²) in [6.45, 7) is 0. The van der Waals surface area contributed by atoms with Crippen LogP contribution in [0.3, 0.4) is 0 Å². The summed E-state index contributed by atoms with van der Waals surface area (Å²) in [4.78, 5) is 10.5. The Kier molecular flexibility index (Phi) is 5.40. The molecule has 1 rings (SSSR count). The van der Waals surface area contributed by atoms with Crippen molar-refractivity contribution in [3.63, 3.8) is 0 Å². The predicted molar refractivity (Wildman–Crippen MR) is 65.2 cm³/mol. The molecule has 0 saturated carbocycles. The summed E-state index contributed by atoms with van der Waals surface area (Å²) < 4.78 is 1.09. The highest BCUT2D eigenvalue weighted by atomic mass is 79.9. The fourth-order valence-electron chi connectivity index (χ4n) is 1.35. The molecule has 0 fully saturated rings. The minimum Gasteiger partial charge on any atom is -0.370 e. The fourth-order valence-corrected chi connectivity index (χ4v) is 1.76. The second kappa shape index (κ2) is 6.62. The molecule has 0 saturated heterocycles. The Balaban J connectivity index is 2.17. The number of amides is 1. The summed E-state index contributed by atoms with van der Waals surface area (Å²) in [6, 6.07) is 8.16. The Morgan fingerprint density at radius 2 is 2.20 bits per heavy atom. The number of carbonyl (C=O) groups is 1. The first-order chi connectivity index (χ1) is 7.18. The zero-order chi connectivity index (χ0) is 11.1. The molecule has 0 bridgehead atoms. The first-order valence-electron chi connectivity index (χ1n) is 5.05. The van der Waals surface area contributed by atoms with Crippen LogP contribution in [-0.2, 0) is 4.79 Å². The molecule has 3 heteroatoms. The number of hydrogen-bond donors (Lipinski definition) is 1. The van der Waals surface area contributed by atoms with Crippen molar-refractivity contribution in [3.05, 3.63) is 40.7 Å². The molecule has 15 heavy (non-hydrogen) atoms. The topological polar surface area (TPSA) is 43.1 Å². The van der Waals surface area contributed by atoms with Crippen LogP contribution in [0.15, 0.2) is 28.7 Å². The minimum absolute atomic E-state index is 0.211. The smallest absolute Gasteiger partial charge is 0.217 e. The second-order valence-electron chi connectivity index (χ2n) is 3.47. The largest absolute Gasteiger partial charge is 0.370 e. The molecule has 1 aromatic carbocycles. The molecule has 0 unspecified atom stereocenters. The van der Waals surface area contributed by atoms with Gasteiger partial charge in [-0.15, -0.1) is 0 Å². The maximum atomic E-state index is 10.5. The summed E-state index contributed by atoms with van der Waals surface area (Å²) in [5.74, 6) is -0.211. The van der Waals surface area contributed by atoms with Crippen molar-refractivity contribution in [1.82, 2.24) is 0 Å². The van der Waals surface area contributed by atoms with E-state index >= 15 is 0 Å². The SMILES string of the molecule is NC(=O)CCCC[CH]c1cccc(Br)c1. The summed E-state index contributed by atoms with van der Waals surface area (Å²) in [7, 11) is 0. The molecule has 0 heterocycles. The predicted octanol–water partition coefficient (Wildman–Crippen LogP) is 3.05. The van der Waals surface area contributed by atoms with E-state index in [2.05, 4.69) is 34.5 Å². The van der Waals surface area contributed by atoms with E-state index in [1.165, 1.54) is 5.56 Å². The van der Waals surface area contributed by atoms with Gasteiger partial charge < -0.3 is 5.73 Å². The number of benzene rings is 1. The number of carbonyl (C=O) groups excluding carboxylic acids is 1. The second-order valence-corrected chi connectivity index (χ2v) is 4.39. The van der Waals surface area contributed by atoms with E-state index < -0.39 is 0 Å². The number of rotatable bonds is 6. The molecular weight excluding hydrogens is 254 g/mol. The minimum atomic E-state index is -0.211. The van der Waals surface area contributed by atoms with Gasteiger partial charge in [-0.2, -0.15) is 0 Å². The number of primary amides is 1. The molecule has 0 spiro atoms. The van der Waals surface area contributed by atoms with E-state index in [0.717, 1.165) is 23.7 Å². The number of nitrogens with two attached hydrogens (primary N) is 1. The Morgan fingerprint density at radius 3 is 2.87 bits per heavy atom. The van der Waals surface area contributed by atoms with Gasteiger partial charge >= 0.3 is 0 Å². The van der Waals surface area contributed by atoms with Crippen LogP contribution < -0.4 is 5.73 Å². The van der Waals surface area contributed by atoms with Crippen molar-refractivity contribution >= 4 is 21.8 Å². The van der Waals surface area contributed by atoms with Crippen LogP contribution in [0.25, 0.3) is 0 Å². The first-order valence-corrected chi connectivity index (χ1v) is 5.85. The third-order valence-corrected chi connectivity index (χ3v) is 2.60. The van der Waals surface area contributed by atoms with E-state index in [1.54, 1.807) is 0 Å². The van der Waals surface area contributed by atoms with Gasteiger partial charge in [-0.3, -0.25) is 4.79 Å². The Bertz CT molecular complexity index is 325. The van der Waals surface area contributed by atoms with Crippen molar-refractivity contribution in [2.24, 2.45) is 5.73 Å². The molecule has 0 aliphatic heterocycles. The molecule has 0 aliphatic carbocycles. The number of hydrogen-bond acceptors (Lipinski definition) is 1. The molecule has 0 aliphatic rings. The van der Waals surface area contributed by atoms with Gasteiger partial charge in [0, 0.05) is 10.9 Å². The average Bonchev–Trinajstić information content (AvgIpc) is 2.17. The van der Waals surface area contributed by atoms with Gasteiger partial charge in [0.2, 0.25) is 5.91 Å². The lowest BCUT2D eigenvalue weighted by Crippen LogP contribution is -2.09. The molecule has 1 aromatic rings. The van der Waals surface area contributed by atoms with Crippen molar-refractivity contribution in [1.29, 1.82) is 0 Å². The maximum Gasteiger partial charge on any atom is 0.217 e. The third-order valence-electron chi connectivity index (χ3n) is 2.11. The highest BCUT2D eigenvalue weighted by Crippen LogP contribution is 2.15. The number of halogens is 1. The average molecular weight is 269 g/mol. The first kappa shape index (κ1) is 12.2. The van der Waals surface area contributed by atoms with Gasteiger partial charge in [0.25, 0.3) is 0 Å². The van der Waals surface area contributed by atoms with E-state index in [4.69, 9.17) is 5.73 Å². The third kappa shape index (κ3) is 5.57. The standard InChI is InChI=1S/C12H15BrNO/c13-11-7-4-6-10(9-11)5-2-1-3-8-12(14)15/h4-7,9H,1-3,8H2,(H2,14,15). The van der Waals surface area contributed by atoms with Crippen LogP contribution in [0.5, 0.6) is 0 Å². The van der Waals surface area contributed by atoms with Crippen molar-refractivity contribution in [2.75, 3.05) is 0 Å². The van der Waals surface area contributed by atoms with Gasteiger partial charge in [-0.25, -0.2) is 0 Å². The highest BCUT2D eigenvalue weighted by Gasteiger charge is 1.97. The Labute approximate surface area is 99.0 Å². The highest BCUT2D eigenvalue weighted by molar-refractivity contribution is 9.10. The quantitative estimate of drug-likeness (QED) is 0.792. The molecule has 81 valence electrons. The lowest BCUT2D eigenvalue weighted by Gasteiger charge is -2.01. The lowest BCUT2D eigenvalue weighted by molar-refractivity contribution is -0.118. The van der Waals surface area contributed by atoms with Gasteiger partial charge in [-0.05, 0) is 37.0 Å². The van der Waals surface area contributed by atoms with Crippen LogP contribution in [0.4, 0.5) is 0 Å². The van der Waals surface area contributed by atoms with Crippen molar-refractivity contribution in [3.8, 4) is 0 Å². The fraction of sp³-hybridized carbons (Fsp3) is 0.333. The summed E-state index contributed by atoms with van der Waals surface area (Å²) in [5.41, 5.74) is 6.26. The normalized spacial score (nSPS) is 10.2. The molecule has 1 radical (unpaired) electrons. The van der Waals surface area contributed by atoms with E-state index in [1.807, 2.05) is 12.1 Å². The Hall–Kier alpha value is -0.830. The summed E-state index contributed by atoms with van der Waals surface area (Å²) >= 11 is 3.42. The summed E-state index contributed by atoms with van der Waals surface area (Å²) in [6.07, 6.45) is 5.54. The molecule has 0 aromatic heterocycles. The van der Waals surface area contributed by atoms with E-state index in [-0.39, 0.29) is 5.91 Å². The monoisotopic (exact) mass is 268 g/mol. The van der Waals surface area contributed by atoms with Gasteiger partial charge in [0.15, 0.2) is 0 Å². The van der Waals surface area contributed by atoms with Crippen molar-refractivity contribution in [2.45, 2.75) is 25.7 Å². The zero-order valence-corrected chi connectivity index (χ0v) is 10.2. The van der Waals surface area contributed by atoms with Crippen LogP contribution in [-0.4, -0.2) is 5.91 Å². The molecule has 1 amide bonds. The van der Waals surface area contributed by atoms with Crippen LogP contribution >= 0.6 is 15.9 Å². The number of unbranched alkanes of at least 4 members (excludes halogenated alkanes) is 2. The van der Waals surface area contributed by atoms with Crippen LogP contribution in [0, 0.1) is 6.42 Å². The van der Waals surface area contributed by atoms with Gasteiger partial charge in [-0.1, -0.05) is 34.5 Å². The molecular formula is C12H15BrNO. The zero-order valence-electron chi connectivity index (χ0n) is 8.58. The van der Waals surface area contributed by atoms with E-state index in [0.29, 0.717) is 6.42 Å². The Morgan fingerprint density at radius 1 is 1.40 bits per heavy atom. The van der Waals surface area contributed by atoms with E-state index in [9.17, 15) is 4.79 Å². The molecule has 2 nitrogen and oxygen atoms in total. The summed E-state index contributed by atoms with van der Waals surface area (Å²) in [5, 5.41) is 0. The van der Waals surface area contributed by atoms with Crippen LogP contribution in [0.1, 0.15) is 31.2 Å². The van der Waals surface area contributed by atoms with Gasteiger partial charge in [0.1, 0.15) is 0 Å². The van der Waals surface area contributed by atoms with Crippen molar-refractivity contribution < 1.29 is 4.79 Å². The molecule has 0 atom stereocenters. The lowest BCUT2D eigenvalue weighted by atomic mass is 10.1. The van der Waals surface area contributed by atoms with Crippen LogP contribution in [0.2, 0.25) is 0 Å².